The van der Waals surface area contributed by atoms with Crippen molar-refractivity contribution in [1.29, 1.82) is 0 Å². The highest BCUT2D eigenvalue weighted by Crippen LogP contribution is 2.33. The van der Waals surface area contributed by atoms with Gasteiger partial charge < -0.3 is 10.6 Å². The minimum Gasteiger partial charge on any atom is -0.339 e. The molecule has 2 N–H and O–H groups in total. The molecule has 0 aromatic carbocycles. The first-order valence-corrected chi connectivity index (χ1v) is 6.64. The Hall–Kier alpha value is -0.570. The van der Waals surface area contributed by atoms with E-state index in [0.29, 0.717) is 24.3 Å². The Morgan fingerprint density at radius 2 is 2.06 bits per heavy atom. The molecule has 1 saturated carbocycles. The largest absolute Gasteiger partial charge is 0.339 e. The van der Waals surface area contributed by atoms with E-state index in [-0.39, 0.29) is 11.9 Å². The number of hydrogen-bond donors (Lipinski definition) is 1. The van der Waals surface area contributed by atoms with Crippen LogP contribution < -0.4 is 5.73 Å². The number of nitrogens with zero attached hydrogens (tertiary/aromatic N) is 1. The van der Waals surface area contributed by atoms with Crippen molar-refractivity contribution in [2.75, 3.05) is 6.54 Å². The molecule has 0 radical (unpaired) electrons. The highest BCUT2D eigenvalue weighted by Gasteiger charge is 2.34. The summed E-state index contributed by atoms with van der Waals surface area (Å²) in [7, 11) is 0. The second-order valence-corrected chi connectivity index (χ2v) is 5.75. The topological polar surface area (TPSA) is 46.3 Å². The van der Waals surface area contributed by atoms with Gasteiger partial charge in [-0.2, -0.15) is 0 Å². The van der Waals surface area contributed by atoms with Gasteiger partial charge in [0.15, 0.2) is 0 Å². The number of amides is 1. The smallest absolute Gasteiger partial charge is 0.224 e. The molecule has 2 fully saturated rings. The third kappa shape index (κ3) is 2.57. The lowest BCUT2D eigenvalue weighted by molar-refractivity contribution is -0.133. The molecule has 16 heavy (non-hydrogen) atoms. The van der Waals surface area contributed by atoms with Crippen molar-refractivity contribution in [2.24, 2.45) is 17.6 Å². The Bertz CT molecular complexity index is 261. The number of rotatable bonds is 4. The van der Waals surface area contributed by atoms with Crippen LogP contribution in [0.15, 0.2) is 0 Å². The van der Waals surface area contributed by atoms with E-state index in [1.807, 2.05) is 0 Å². The van der Waals surface area contributed by atoms with Gasteiger partial charge in [-0.25, -0.2) is 0 Å². The molecule has 0 aromatic rings. The standard InChI is InChI=1S/C13H24N2O/c1-9(2)12-4-3-7-15(12)13(16)8-11(14)10-5-6-10/h9-12H,3-8,14H2,1-2H3. The fourth-order valence-corrected chi connectivity index (χ4v) is 2.81. The van der Waals surface area contributed by atoms with E-state index in [2.05, 4.69) is 18.7 Å². The summed E-state index contributed by atoms with van der Waals surface area (Å²) in [6.07, 6.45) is 5.34. The Labute approximate surface area is 98.4 Å². The normalized spacial score (nSPS) is 27.5. The molecule has 92 valence electrons. The molecule has 1 aliphatic carbocycles. The number of likely N-dealkylation sites (tertiary alicyclic amines) is 1. The summed E-state index contributed by atoms with van der Waals surface area (Å²) < 4.78 is 0. The van der Waals surface area contributed by atoms with E-state index in [0.717, 1.165) is 13.0 Å². The van der Waals surface area contributed by atoms with Crippen molar-refractivity contribution < 1.29 is 4.79 Å². The highest BCUT2D eigenvalue weighted by atomic mass is 16.2. The fourth-order valence-electron chi connectivity index (χ4n) is 2.81. The third-order valence-electron chi connectivity index (χ3n) is 4.03. The number of hydrogen-bond acceptors (Lipinski definition) is 2. The predicted octanol–water partition coefficient (Wildman–Crippen LogP) is 1.76. The molecule has 1 amide bonds. The lowest BCUT2D eigenvalue weighted by atomic mass is 10.0. The molecule has 2 unspecified atom stereocenters. The summed E-state index contributed by atoms with van der Waals surface area (Å²) >= 11 is 0. The second kappa shape index (κ2) is 4.74. The number of carbonyl (C=O) groups excluding carboxylic acids is 1. The first kappa shape index (κ1) is 11.9. The maximum Gasteiger partial charge on any atom is 0.224 e. The fraction of sp³-hybridized carbons (Fsp3) is 0.923. The van der Waals surface area contributed by atoms with Crippen molar-refractivity contribution in [3.63, 3.8) is 0 Å². The quantitative estimate of drug-likeness (QED) is 0.791. The molecule has 0 spiro atoms. The molecule has 1 heterocycles. The lowest BCUT2D eigenvalue weighted by Crippen LogP contribution is -2.41. The molecule has 0 aromatic heterocycles. The van der Waals surface area contributed by atoms with Crippen molar-refractivity contribution >= 4 is 5.91 Å². The van der Waals surface area contributed by atoms with Crippen LogP contribution >= 0.6 is 0 Å². The van der Waals surface area contributed by atoms with Crippen LogP contribution in [0.5, 0.6) is 0 Å². The van der Waals surface area contributed by atoms with Crippen molar-refractivity contribution in [2.45, 2.75) is 58.0 Å². The minimum absolute atomic E-state index is 0.112. The molecule has 1 aliphatic heterocycles. The van der Waals surface area contributed by atoms with Gasteiger partial charge >= 0.3 is 0 Å². The molecule has 3 nitrogen and oxygen atoms in total. The van der Waals surface area contributed by atoms with Gasteiger partial charge in [0, 0.05) is 25.0 Å². The summed E-state index contributed by atoms with van der Waals surface area (Å²) in [6, 6.07) is 0.569. The van der Waals surface area contributed by atoms with Gasteiger partial charge in [0.2, 0.25) is 5.91 Å². The first-order valence-electron chi connectivity index (χ1n) is 6.64. The van der Waals surface area contributed by atoms with Crippen LogP contribution in [0, 0.1) is 11.8 Å². The summed E-state index contributed by atoms with van der Waals surface area (Å²) in [5.41, 5.74) is 6.02. The molecule has 2 aliphatic rings. The molecule has 3 heteroatoms. The van der Waals surface area contributed by atoms with Crippen LogP contribution in [0.3, 0.4) is 0 Å². The van der Waals surface area contributed by atoms with Gasteiger partial charge in [-0.3, -0.25) is 4.79 Å². The zero-order valence-electron chi connectivity index (χ0n) is 10.5. The van der Waals surface area contributed by atoms with Crippen molar-refractivity contribution in [3.8, 4) is 0 Å². The zero-order valence-corrected chi connectivity index (χ0v) is 10.5. The van der Waals surface area contributed by atoms with Crippen LogP contribution in [-0.2, 0) is 4.79 Å². The lowest BCUT2D eigenvalue weighted by Gasteiger charge is -2.28. The van der Waals surface area contributed by atoms with Crippen LogP contribution in [0.25, 0.3) is 0 Å². The summed E-state index contributed by atoms with van der Waals surface area (Å²) in [4.78, 5) is 14.2. The van der Waals surface area contributed by atoms with Gasteiger partial charge in [0.05, 0.1) is 0 Å². The van der Waals surface area contributed by atoms with Gasteiger partial charge in [-0.05, 0) is 37.5 Å². The van der Waals surface area contributed by atoms with Crippen LogP contribution in [0.1, 0.15) is 46.0 Å². The summed E-state index contributed by atoms with van der Waals surface area (Å²) in [6.45, 7) is 5.35. The average Bonchev–Trinajstić information content (AvgIpc) is 2.94. The monoisotopic (exact) mass is 224 g/mol. The van der Waals surface area contributed by atoms with E-state index in [1.54, 1.807) is 0 Å². The Morgan fingerprint density at radius 3 is 2.62 bits per heavy atom. The van der Waals surface area contributed by atoms with Gasteiger partial charge in [0.1, 0.15) is 0 Å². The third-order valence-corrected chi connectivity index (χ3v) is 4.03. The second-order valence-electron chi connectivity index (χ2n) is 5.75. The van der Waals surface area contributed by atoms with Gasteiger partial charge in [-0.15, -0.1) is 0 Å². The predicted molar refractivity (Wildman–Crippen MR) is 64.9 cm³/mol. The minimum atomic E-state index is 0.112. The SMILES string of the molecule is CC(C)C1CCCN1C(=O)CC(N)C1CC1. The molecule has 0 bridgehead atoms. The zero-order chi connectivity index (χ0) is 11.7. The van der Waals surface area contributed by atoms with E-state index in [4.69, 9.17) is 5.73 Å². The van der Waals surface area contributed by atoms with E-state index >= 15 is 0 Å². The maximum atomic E-state index is 12.1. The summed E-state index contributed by atoms with van der Waals surface area (Å²) in [5, 5.41) is 0. The van der Waals surface area contributed by atoms with Crippen LogP contribution in [0.2, 0.25) is 0 Å². The van der Waals surface area contributed by atoms with Gasteiger partial charge in [-0.1, -0.05) is 13.8 Å². The molecule has 1 saturated heterocycles. The van der Waals surface area contributed by atoms with E-state index in [9.17, 15) is 4.79 Å². The van der Waals surface area contributed by atoms with Crippen molar-refractivity contribution in [1.82, 2.24) is 4.90 Å². The first-order chi connectivity index (χ1) is 7.59. The Morgan fingerprint density at radius 1 is 1.38 bits per heavy atom. The van der Waals surface area contributed by atoms with Gasteiger partial charge in [0.25, 0.3) is 0 Å². The molecular formula is C13H24N2O. The maximum absolute atomic E-state index is 12.1. The Kier molecular flexibility index (Phi) is 3.53. The van der Waals surface area contributed by atoms with Crippen molar-refractivity contribution in [3.05, 3.63) is 0 Å². The van der Waals surface area contributed by atoms with E-state index < -0.39 is 0 Å². The molecule has 2 rings (SSSR count). The molecule has 2 atom stereocenters. The number of nitrogens with two attached hydrogens (primary N) is 1. The summed E-state index contributed by atoms with van der Waals surface area (Å²) in [5.74, 6) is 1.49. The van der Waals surface area contributed by atoms with E-state index in [1.165, 1.54) is 19.3 Å². The molecular weight excluding hydrogens is 200 g/mol. The average molecular weight is 224 g/mol. The Balaban J connectivity index is 1.87. The number of carbonyl (C=O) groups is 1. The van der Waals surface area contributed by atoms with Crippen LogP contribution in [-0.4, -0.2) is 29.4 Å². The highest BCUT2D eigenvalue weighted by molar-refractivity contribution is 5.77. The van der Waals surface area contributed by atoms with Crippen LogP contribution in [0.4, 0.5) is 0 Å².